The molecule has 0 bridgehead atoms. The van der Waals surface area contributed by atoms with Crippen LogP contribution >= 0.6 is 0 Å². The minimum absolute atomic E-state index is 0.857. The number of likely N-dealkylation sites (tertiary alicyclic amines) is 1. The van der Waals surface area contributed by atoms with E-state index in [1.165, 1.54) is 75.7 Å². The Morgan fingerprint density at radius 3 is 2.29 bits per heavy atom. The van der Waals surface area contributed by atoms with Crippen LogP contribution in [0.4, 0.5) is 0 Å². The molecule has 0 spiro atoms. The molecule has 2 heteroatoms. The van der Waals surface area contributed by atoms with Gasteiger partial charge in [-0.1, -0.05) is 37.5 Å². The van der Waals surface area contributed by atoms with Gasteiger partial charge in [0.15, 0.2) is 0 Å². The predicted octanol–water partition coefficient (Wildman–Crippen LogP) is 4.73. The molecule has 0 N–H and O–H groups in total. The van der Waals surface area contributed by atoms with Crippen molar-refractivity contribution < 1.29 is 4.74 Å². The zero-order valence-electron chi connectivity index (χ0n) is 13.9. The van der Waals surface area contributed by atoms with Crippen LogP contribution in [0.1, 0.15) is 56.1 Å². The molecule has 21 heavy (non-hydrogen) atoms. The Morgan fingerprint density at radius 1 is 0.905 bits per heavy atom. The predicted molar refractivity (Wildman–Crippen MR) is 90.2 cm³/mol. The van der Waals surface area contributed by atoms with E-state index in [2.05, 4.69) is 36.9 Å². The van der Waals surface area contributed by atoms with Crippen LogP contribution in [0.5, 0.6) is 5.75 Å². The molecule has 0 aromatic heterocycles. The summed E-state index contributed by atoms with van der Waals surface area (Å²) in [6.07, 6.45) is 9.40. The number of nitrogens with zero attached hydrogens (tertiary/aromatic N) is 1. The van der Waals surface area contributed by atoms with E-state index >= 15 is 0 Å². The third-order valence-corrected chi connectivity index (χ3v) is 4.47. The first-order chi connectivity index (χ1) is 10.3. The maximum Gasteiger partial charge on any atom is 0.125 e. The van der Waals surface area contributed by atoms with Crippen LogP contribution in [0, 0.1) is 13.8 Å². The van der Waals surface area contributed by atoms with Crippen molar-refractivity contribution in [2.45, 2.75) is 58.8 Å². The molecule has 0 amide bonds. The van der Waals surface area contributed by atoms with Gasteiger partial charge in [0.1, 0.15) is 5.75 Å². The highest BCUT2D eigenvalue weighted by Crippen LogP contribution is 2.22. The minimum Gasteiger partial charge on any atom is -0.493 e. The van der Waals surface area contributed by atoms with Crippen LogP contribution in [0.2, 0.25) is 0 Å². The van der Waals surface area contributed by atoms with Crippen LogP contribution in [-0.4, -0.2) is 31.1 Å². The van der Waals surface area contributed by atoms with Gasteiger partial charge in [-0.3, -0.25) is 0 Å². The lowest BCUT2D eigenvalue weighted by molar-refractivity contribution is 0.223. The highest BCUT2D eigenvalue weighted by Gasteiger charge is 2.08. The van der Waals surface area contributed by atoms with E-state index < -0.39 is 0 Å². The molecule has 1 fully saturated rings. The summed E-state index contributed by atoms with van der Waals surface area (Å²) in [5.74, 6) is 1.09. The van der Waals surface area contributed by atoms with Crippen LogP contribution < -0.4 is 4.74 Å². The largest absolute Gasteiger partial charge is 0.493 e. The van der Waals surface area contributed by atoms with E-state index in [0.29, 0.717) is 0 Å². The maximum atomic E-state index is 5.95. The number of unbranched alkanes of at least 4 members (excludes halogenated alkanes) is 3. The van der Waals surface area contributed by atoms with E-state index in [1.54, 1.807) is 0 Å². The lowest BCUT2D eigenvalue weighted by Crippen LogP contribution is -2.30. The molecular weight excluding hydrogens is 258 g/mol. The van der Waals surface area contributed by atoms with E-state index in [1.807, 2.05) is 0 Å². The summed E-state index contributed by atoms with van der Waals surface area (Å²) in [5, 5.41) is 0. The lowest BCUT2D eigenvalue weighted by Gasteiger charge is -2.26. The molecule has 0 unspecified atom stereocenters. The summed E-state index contributed by atoms with van der Waals surface area (Å²) >= 11 is 0. The Labute approximate surface area is 130 Å². The van der Waals surface area contributed by atoms with E-state index in [0.717, 1.165) is 12.4 Å². The monoisotopic (exact) mass is 289 g/mol. The number of piperidine rings is 1. The first kappa shape index (κ1) is 16.4. The molecule has 1 aromatic carbocycles. The standard InChI is InChI=1S/C19H31NO/c1-17-11-10-12-18(2)19(17)21-16-9-4-3-6-13-20-14-7-5-8-15-20/h10-12H,3-9,13-16H2,1-2H3. The summed E-state index contributed by atoms with van der Waals surface area (Å²) in [6, 6.07) is 6.35. The van der Waals surface area contributed by atoms with Crippen LogP contribution in [-0.2, 0) is 0 Å². The van der Waals surface area contributed by atoms with Crippen LogP contribution in [0.3, 0.4) is 0 Å². The molecule has 0 saturated carbocycles. The van der Waals surface area contributed by atoms with Crippen molar-refractivity contribution >= 4 is 0 Å². The topological polar surface area (TPSA) is 12.5 Å². The Bertz CT molecular complexity index is 390. The highest BCUT2D eigenvalue weighted by atomic mass is 16.5. The van der Waals surface area contributed by atoms with Gasteiger partial charge in [-0.25, -0.2) is 0 Å². The van der Waals surface area contributed by atoms with Gasteiger partial charge in [0.2, 0.25) is 0 Å². The third kappa shape index (κ3) is 5.70. The molecule has 118 valence electrons. The van der Waals surface area contributed by atoms with E-state index in [-0.39, 0.29) is 0 Å². The Hall–Kier alpha value is -1.02. The van der Waals surface area contributed by atoms with Gasteiger partial charge < -0.3 is 9.64 Å². The smallest absolute Gasteiger partial charge is 0.125 e. The van der Waals surface area contributed by atoms with Gasteiger partial charge in [0, 0.05) is 0 Å². The Morgan fingerprint density at radius 2 is 1.57 bits per heavy atom. The van der Waals surface area contributed by atoms with Gasteiger partial charge in [0.05, 0.1) is 6.61 Å². The second kappa shape index (κ2) is 9.09. The van der Waals surface area contributed by atoms with Crippen molar-refractivity contribution in [1.82, 2.24) is 4.90 Å². The molecular formula is C19H31NO. The molecule has 1 aliphatic heterocycles. The third-order valence-electron chi connectivity index (χ3n) is 4.47. The van der Waals surface area contributed by atoms with Gasteiger partial charge in [-0.05, 0) is 70.3 Å². The zero-order chi connectivity index (χ0) is 14.9. The van der Waals surface area contributed by atoms with Crippen molar-refractivity contribution in [3.05, 3.63) is 29.3 Å². The fraction of sp³-hybridized carbons (Fsp3) is 0.684. The number of para-hydroxylation sites is 1. The average molecular weight is 289 g/mol. The first-order valence-electron chi connectivity index (χ1n) is 8.69. The van der Waals surface area contributed by atoms with Crippen LogP contribution in [0.25, 0.3) is 0 Å². The maximum absolute atomic E-state index is 5.95. The number of hydrogen-bond acceptors (Lipinski definition) is 2. The fourth-order valence-electron chi connectivity index (χ4n) is 3.18. The summed E-state index contributed by atoms with van der Waals surface area (Å²) in [6.45, 7) is 9.07. The van der Waals surface area contributed by atoms with Crippen molar-refractivity contribution in [3.63, 3.8) is 0 Å². The summed E-state index contributed by atoms with van der Waals surface area (Å²) in [7, 11) is 0. The van der Waals surface area contributed by atoms with E-state index in [4.69, 9.17) is 4.74 Å². The molecule has 1 heterocycles. The molecule has 1 aliphatic rings. The number of ether oxygens (including phenoxy) is 1. The van der Waals surface area contributed by atoms with E-state index in [9.17, 15) is 0 Å². The number of benzene rings is 1. The van der Waals surface area contributed by atoms with Gasteiger partial charge in [-0.2, -0.15) is 0 Å². The lowest BCUT2D eigenvalue weighted by atomic mass is 10.1. The van der Waals surface area contributed by atoms with Crippen molar-refractivity contribution in [3.8, 4) is 5.75 Å². The highest BCUT2D eigenvalue weighted by molar-refractivity contribution is 5.39. The van der Waals surface area contributed by atoms with Crippen molar-refractivity contribution in [2.24, 2.45) is 0 Å². The van der Waals surface area contributed by atoms with Gasteiger partial charge in [-0.15, -0.1) is 0 Å². The second-order valence-corrected chi connectivity index (χ2v) is 6.39. The average Bonchev–Trinajstić information content (AvgIpc) is 2.50. The molecule has 0 radical (unpaired) electrons. The summed E-state index contributed by atoms with van der Waals surface area (Å²) in [4.78, 5) is 2.64. The molecule has 2 rings (SSSR count). The number of aryl methyl sites for hydroxylation is 2. The quantitative estimate of drug-likeness (QED) is 0.642. The SMILES string of the molecule is Cc1cccc(C)c1OCCCCCCN1CCCCC1. The molecule has 2 nitrogen and oxygen atoms in total. The second-order valence-electron chi connectivity index (χ2n) is 6.39. The Kier molecular flexibility index (Phi) is 7.08. The fourth-order valence-corrected chi connectivity index (χ4v) is 3.18. The molecule has 1 saturated heterocycles. The van der Waals surface area contributed by atoms with Crippen molar-refractivity contribution in [2.75, 3.05) is 26.2 Å². The summed E-state index contributed by atoms with van der Waals surface area (Å²) in [5.41, 5.74) is 2.50. The van der Waals surface area contributed by atoms with Crippen LogP contribution in [0.15, 0.2) is 18.2 Å². The zero-order valence-corrected chi connectivity index (χ0v) is 13.9. The van der Waals surface area contributed by atoms with Gasteiger partial charge >= 0.3 is 0 Å². The minimum atomic E-state index is 0.857. The number of hydrogen-bond donors (Lipinski definition) is 0. The normalized spacial score (nSPS) is 16.1. The molecule has 0 aliphatic carbocycles. The Balaban J connectivity index is 1.52. The molecule has 0 atom stereocenters. The summed E-state index contributed by atoms with van der Waals surface area (Å²) < 4.78 is 5.95. The van der Waals surface area contributed by atoms with Gasteiger partial charge in [0.25, 0.3) is 0 Å². The number of rotatable bonds is 8. The van der Waals surface area contributed by atoms with Crippen molar-refractivity contribution in [1.29, 1.82) is 0 Å². The first-order valence-corrected chi connectivity index (χ1v) is 8.69. The molecule has 1 aromatic rings.